The molecule has 2 unspecified atom stereocenters. The topological polar surface area (TPSA) is 43.4 Å². The molecule has 0 rings (SSSR count). The van der Waals surface area contributed by atoms with Crippen LogP contribution in [0.25, 0.3) is 0 Å². The van der Waals surface area contributed by atoms with Gasteiger partial charge in [-0.15, -0.1) is 0 Å². The van der Waals surface area contributed by atoms with Crippen molar-refractivity contribution in [1.29, 1.82) is 0 Å². The van der Waals surface area contributed by atoms with Crippen LogP contribution in [-0.2, 0) is 18.9 Å². The molecule has 0 aliphatic carbocycles. The molecule has 0 aliphatic rings. The van der Waals surface area contributed by atoms with Crippen molar-refractivity contribution in [2.75, 3.05) is 54.7 Å². The summed E-state index contributed by atoms with van der Waals surface area (Å²) >= 11 is 0.00708. The van der Waals surface area contributed by atoms with Crippen molar-refractivity contribution in [3.63, 3.8) is 0 Å². The molecule has 0 aromatic carbocycles. The van der Waals surface area contributed by atoms with E-state index in [1.165, 1.54) is 14.2 Å². The molecule has 0 aliphatic heterocycles. The van der Waals surface area contributed by atoms with Crippen molar-refractivity contribution in [3.05, 3.63) is 0 Å². The summed E-state index contributed by atoms with van der Waals surface area (Å²) in [5, 5.41) is 0. The first kappa shape index (κ1) is 24.7. The molecule has 0 saturated carbocycles. The maximum atomic E-state index is 14.1. The van der Waals surface area contributed by atoms with E-state index in [1.807, 2.05) is 0 Å². The Morgan fingerprint density at radius 1 is 0.760 bits per heavy atom. The van der Waals surface area contributed by atoms with Crippen LogP contribution in [0.1, 0.15) is 0 Å². The summed E-state index contributed by atoms with van der Waals surface area (Å²) in [4.78, 5) is 0. The number of rotatable bonds is 14. The highest BCUT2D eigenvalue weighted by molar-refractivity contribution is 7.94. The first-order valence-corrected chi connectivity index (χ1v) is 7.63. The summed E-state index contributed by atoms with van der Waals surface area (Å²) in [5.41, 5.74) is 0. The van der Waals surface area contributed by atoms with Crippen molar-refractivity contribution < 1.29 is 45.3 Å². The van der Waals surface area contributed by atoms with Crippen LogP contribution in [0, 0.1) is 0 Å². The fraction of sp³-hybridized carbons (Fsp3) is 1.00. The Balaban J connectivity index is 5.36. The molecule has 0 aromatic heterocycles. The van der Waals surface area contributed by atoms with Crippen LogP contribution in [0.4, 0.5) is 26.3 Å². The number of alkyl halides is 6. The van der Waals surface area contributed by atoms with Crippen LogP contribution < -0.4 is 0 Å². The maximum Gasteiger partial charge on any atom is 0.401 e. The standard InChI is InChI=1S/C12H22F6N2O4S/c1-21-7-5-19(9(13)11(15,16)23-3)25-20(6-8-22-2)10(14)12(17,18)24-4/h9-10H,5-8H2,1-4H3. The SMILES string of the molecule is COCCN(SN(CCOC)C(F)C(F)(F)OC)C(F)C(F)(F)OC. The second-order valence-corrected chi connectivity index (χ2v) is 5.65. The van der Waals surface area contributed by atoms with Gasteiger partial charge in [0.15, 0.2) is 0 Å². The molecule has 0 bridgehead atoms. The fourth-order valence-corrected chi connectivity index (χ4v) is 2.41. The minimum absolute atomic E-state index is 0.00708. The lowest BCUT2D eigenvalue weighted by Crippen LogP contribution is -2.49. The second kappa shape index (κ2) is 11.4. The summed E-state index contributed by atoms with van der Waals surface area (Å²) in [7, 11) is 3.60. The molecule has 0 spiro atoms. The van der Waals surface area contributed by atoms with Gasteiger partial charge in [0.1, 0.15) is 0 Å². The van der Waals surface area contributed by atoms with E-state index in [1.54, 1.807) is 0 Å². The quantitative estimate of drug-likeness (QED) is 0.250. The highest BCUT2D eigenvalue weighted by atomic mass is 32.2. The van der Waals surface area contributed by atoms with E-state index in [9.17, 15) is 26.3 Å². The molecule has 0 saturated heterocycles. The molecule has 25 heavy (non-hydrogen) atoms. The van der Waals surface area contributed by atoms with E-state index >= 15 is 0 Å². The molecule has 6 nitrogen and oxygen atoms in total. The minimum Gasteiger partial charge on any atom is -0.383 e. The van der Waals surface area contributed by atoms with Crippen LogP contribution in [0.2, 0.25) is 0 Å². The van der Waals surface area contributed by atoms with Gasteiger partial charge in [-0.2, -0.15) is 26.2 Å². The zero-order chi connectivity index (χ0) is 19.7. The van der Waals surface area contributed by atoms with Crippen molar-refractivity contribution >= 4 is 12.1 Å². The smallest absolute Gasteiger partial charge is 0.383 e. The van der Waals surface area contributed by atoms with E-state index < -0.39 is 37.9 Å². The largest absolute Gasteiger partial charge is 0.401 e. The lowest BCUT2D eigenvalue weighted by Gasteiger charge is -2.35. The highest BCUT2D eigenvalue weighted by Crippen LogP contribution is 2.35. The molecule has 0 amide bonds. The Morgan fingerprint density at radius 3 is 1.32 bits per heavy atom. The van der Waals surface area contributed by atoms with Gasteiger partial charge in [-0.1, -0.05) is 0 Å². The number of ether oxygens (including phenoxy) is 4. The predicted molar refractivity (Wildman–Crippen MR) is 78.5 cm³/mol. The van der Waals surface area contributed by atoms with Crippen LogP contribution in [0.15, 0.2) is 0 Å². The van der Waals surface area contributed by atoms with Gasteiger partial charge >= 0.3 is 12.2 Å². The molecule has 0 radical (unpaired) electrons. The Hall–Kier alpha value is -0.310. The zero-order valence-electron chi connectivity index (χ0n) is 14.2. The maximum absolute atomic E-state index is 14.1. The van der Waals surface area contributed by atoms with Crippen molar-refractivity contribution in [2.24, 2.45) is 0 Å². The third-order valence-corrected chi connectivity index (χ3v) is 4.00. The molecule has 152 valence electrons. The van der Waals surface area contributed by atoms with Gasteiger partial charge < -0.3 is 18.9 Å². The Morgan fingerprint density at radius 2 is 1.08 bits per heavy atom. The van der Waals surface area contributed by atoms with Crippen molar-refractivity contribution in [2.45, 2.75) is 24.8 Å². The van der Waals surface area contributed by atoms with E-state index in [2.05, 4.69) is 18.9 Å². The average Bonchev–Trinajstić information content (AvgIpc) is 2.59. The number of hydrogen-bond acceptors (Lipinski definition) is 7. The van der Waals surface area contributed by atoms with Crippen molar-refractivity contribution in [1.82, 2.24) is 8.61 Å². The number of halogens is 6. The molecule has 0 N–H and O–H groups in total. The Labute approximate surface area is 146 Å². The van der Waals surface area contributed by atoms with Gasteiger partial charge in [-0.25, -0.2) is 8.78 Å². The lowest BCUT2D eigenvalue weighted by molar-refractivity contribution is -0.283. The van der Waals surface area contributed by atoms with Crippen molar-refractivity contribution in [3.8, 4) is 0 Å². The van der Waals surface area contributed by atoms with E-state index in [4.69, 9.17) is 0 Å². The van der Waals surface area contributed by atoms with Crippen LogP contribution in [-0.4, -0.2) is 88.2 Å². The summed E-state index contributed by atoms with van der Waals surface area (Å²) in [6, 6.07) is 0. The van der Waals surface area contributed by atoms with Gasteiger partial charge in [0, 0.05) is 53.7 Å². The normalized spacial score (nSPS) is 15.8. The molecule has 13 heteroatoms. The van der Waals surface area contributed by atoms with Crippen LogP contribution in [0.5, 0.6) is 0 Å². The molecule has 0 fully saturated rings. The first-order chi connectivity index (χ1) is 11.6. The fourth-order valence-electron chi connectivity index (χ4n) is 1.42. The summed E-state index contributed by atoms with van der Waals surface area (Å²) in [5.74, 6) is 0. The average molecular weight is 404 g/mol. The summed E-state index contributed by atoms with van der Waals surface area (Å²) in [6.45, 7) is -1.36. The monoisotopic (exact) mass is 404 g/mol. The van der Waals surface area contributed by atoms with Crippen LogP contribution >= 0.6 is 12.1 Å². The molecule has 2 atom stereocenters. The number of methoxy groups -OCH3 is 4. The zero-order valence-corrected chi connectivity index (χ0v) is 15.0. The number of nitrogens with zero attached hydrogens (tertiary/aromatic N) is 2. The van der Waals surface area contributed by atoms with Gasteiger partial charge in [0.05, 0.1) is 13.2 Å². The van der Waals surface area contributed by atoms with E-state index in [0.29, 0.717) is 22.8 Å². The van der Waals surface area contributed by atoms with Crippen LogP contribution in [0.3, 0.4) is 0 Å². The number of hydrogen-bond donors (Lipinski definition) is 0. The molecular weight excluding hydrogens is 382 g/mol. The Bertz CT molecular complexity index is 340. The second-order valence-electron chi connectivity index (χ2n) is 4.55. The molecule has 0 aromatic rings. The highest BCUT2D eigenvalue weighted by Gasteiger charge is 2.49. The third kappa shape index (κ3) is 7.85. The summed E-state index contributed by atoms with van der Waals surface area (Å²) < 4.78 is 99.3. The first-order valence-electron chi connectivity index (χ1n) is 6.90. The van der Waals surface area contributed by atoms with E-state index in [-0.39, 0.29) is 25.3 Å². The molecular formula is C12H22F6N2O4S. The molecule has 0 heterocycles. The third-order valence-electron chi connectivity index (χ3n) is 2.85. The minimum atomic E-state index is -4.25. The van der Waals surface area contributed by atoms with Gasteiger partial charge in [0.25, 0.3) is 12.6 Å². The Kier molecular flexibility index (Phi) is 11.3. The van der Waals surface area contributed by atoms with Gasteiger partial charge in [-0.05, 0) is 0 Å². The predicted octanol–water partition coefficient (Wildman–Crippen LogP) is 2.52. The van der Waals surface area contributed by atoms with Gasteiger partial charge in [0.2, 0.25) is 0 Å². The van der Waals surface area contributed by atoms with E-state index in [0.717, 1.165) is 0 Å². The lowest BCUT2D eigenvalue weighted by atomic mass is 10.5. The summed E-state index contributed by atoms with van der Waals surface area (Å²) in [6.07, 6.45) is -14.6. The van der Waals surface area contributed by atoms with Gasteiger partial charge in [-0.3, -0.25) is 0 Å².